The van der Waals surface area contributed by atoms with Gasteiger partial charge in [-0.05, 0) is 37.3 Å². The molecule has 2 atom stereocenters. The van der Waals surface area contributed by atoms with Gasteiger partial charge in [0, 0.05) is 6.54 Å². The van der Waals surface area contributed by atoms with Crippen molar-refractivity contribution in [3.05, 3.63) is 35.1 Å². The van der Waals surface area contributed by atoms with Crippen LogP contribution in [0.25, 0.3) is 0 Å². The Hall–Kier alpha value is -1.91. The number of hydrogen-bond acceptors (Lipinski definition) is 2. The summed E-state index contributed by atoms with van der Waals surface area (Å²) in [5, 5.41) is 11.9. The van der Waals surface area contributed by atoms with Crippen LogP contribution in [-0.2, 0) is 4.79 Å². The number of rotatable bonds is 4. The lowest BCUT2D eigenvalue weighted by atomic mass is 9.79. The van der Waals surface area contributed by atoms with Crippen molar-refractivity contribution in [2.24, 2.45) is 11.8 Å². The Balaban J connectivity index is 2.00. The fraction of sp³-hybridized carbons (Fsp3) is 0.500. The summed E-state index contributed by atoms with van der Waals surface area (Å²) in [5.74, 6) is -2.30. The summed E-state index contributed by atoms with van der Waals surface area (Å²) in [5.41, 5.74) is 0.432. The van der Waals surface area contributed by atoms with Crippen molar-refractivity contribution in [1.82, 2.24) is 5.32 Å². The molecule has 0 aliphatic heterocycles. The van der Waals surface area contributed by atoms with Gasteiger partial charge in [0.15, 0.2) is 0 Å². The highest BCUT2D eigenvalue weighted by Crippen LogP contribution is 2.29. The van der Waals surface area contributed by atoms with Crippen LogP contribution in [0.3, 0.4) is 0 Å². The molecule has 2 N–H and O–H groups in total. The van der Waals surface area contributed by atoms with Gasteiger partial charge in [-0.15, -0.1) is 0 Å². The predicted molar refractivity (Wildman–Crippen MR) is 76.6 cm³/mol. The third-order valence-corrected chi connectivity index (χ3v) is 4.19. The number of amides is 1. The number of carbonyl (C=O) groups is 2. The minimum absolute atomic E-state index is 0.0117. The summed E-state index contributed by atoms with van der Waals surface area (Å²) in [6.45, 7) is 1.89. The van der Waals surface area contributed by atoms with Crippen LogP contribution in [0.1, 0.15) is 41.6 Å². The predicted octanol–water partition coefficient (Wildman–Crippen LogP) is 2.75. The van der Waals surface area contributed by atoms with E-state index in [0.717, 1.165) is 19.3 Å². The number of nitrogens with one attached hydrogen (secondary N) is 1. The first-order chi connectivity index (χ1) is 10.0. The van der Waals surface area contributed by atoms with Crippen molar-refractivity contribution < 1.29 is 19.1 Å². The Morgan fingerprint density at radius 1 is 1.33 bits per heavy atom. The van der Waals surface area contributed by atoms with Crippen LogP contribution in [0.2, 0.25) is 0 Å². The first-order valence-electron chi connectivity index (χ1n) is 7.27. The second-order valence-electron chi connectivity index (χ2n) is 5.64. The molecule has 1 saturated carbocycles. The van der Waals surface area contributed by atoms with Crippen molar-refractivity contribution in [2.75, 3.05) is 6.54 Å². The highest BCUT2D eigenvalue weighted by Gasteiger charge is 2.31. The number of aliphatic carboxylic acids is 1. The summed E-state index contributed by atoms with van der Waals surface area (Å²) in [7, 11) is 0. The van der Waals surface area contributed by atoms with E-state index in [2.05, 4.69) is 5.32 Å². The van der Waals surface area contributed by atoms with E-state index in [1.807, 2.05) is 0 Å². The first-order valence-corrected chi connectivity index (χ1v) is 7.27. The van der Waals surface area contributed by atoms with Crippen molar-refractivity contribution in [3.63, 3.8) is 0 Å². The number of aryl methyl sites for hydroxylation is 1. The smallest absolute Gasteiger partial charge is 0.306 e. The standard InChI is InChI=1S/C16H20FNO3/c1-10-5-4-8-13(14(10)17)15(19)18-9-11-6-2-3-7-12(11)16(20)21/h4-5,8,11-12H,2-3,6-7,9H2,1H3,(H,18,19)(H,20,21). The van der Waals surface area contributed by atoms with Gasteiger partial charge < -0.3 is 10.4 Å². The molecule has 0 radical (unpaired) electrons. The maximum absolute atomic E-state index is 13.9. The fourth-order valence-electron chi connectivity index (χ4n) is 2.92. The minimum atomic E-state index is -0.810. The summed E-state index contributed by atoms with van der Waals surface area (Å²) in [4.78, 5) is 23.2. The highest BCUT2D eigenvalue weighted by atomic mass is 19.1. The lowest BCUT2D eigenvalue weighted by molar-refractivity contribution is -0.144. The van der Waals surface area contributed by atoms with Crippen LogP contribution in [-0.4, -0.2) is 23.5 Å². The Kier molecular flexibility index (Phi) is 4.94. The molecule has 0 heterocycles. The van der Waals surface area contributed by atoms with Gasteiger partial charge in [-0.25, -0.2) is 4.39 Å². The van der Waals surface area contributed by atoms with E-state index in [4.69, 9.17) is 0 Å². The van der Waals surface area contributed by atoms with Gasteiger partial charge in [0.1, 0.15) is 5.82 Å². The molecule has 21 heavy (non-hydrogen) atoms. The average Bonchev–Trinajstić information content (AvgIpc) is 2.47. The van der Waals surface area contributed by atoms with E-state index in [9.17, 15) is 19.1 Å². The molecular formula is C16H20FNO3. The Morgan fingerprint density at radius 2 is 2.05 bits per heavy atom. The van der Waals surface area contributed by atoms with Crippen LogP contribution >= 0.6 is 0 Å². The average molecular weight is 293 g/mol. The number of carboxylic acids is 1. The molecule has 0 aromatic heterocycles. The Labute approximate surface area is 123 Å². The quantitative estimate of drug-likeness (QED) is 0.897. The summed E-state index contributed by atoms with van der Waals surface area (Å²) >= 11 is 0. The molecule has 1 amide bonds. The second-order valence-corrected chi connectivity index (χ2v) is 5.64. The van der Waals surface area contributed by atoms with E-state index < -0.39 is 23.6 Å². The molecule has 1 aliphatic carbocycles. The molecule has 5 heteroatoms. The first kappa shape index (κ1) is 15.5. The van der Waals surface area contributed by atoms with Gasteiger partial charge in [0.25, 0.3) is 5.91 Å². The minimum Gasteiger partial charge on any atom is -0.481 e. The SMILES string of the molecule is Cc1cccc(C(=O)NCC2CCCCC2C(=O)O)c1F. The molecule has 4 nitrogen and oxygen atoms in total. The van der Waals surface area contributed by atoms with E-state index >= 15 is 0 Å². The number of hydrogen-bond donors (Lipinski definition) is 2. The Bertz CT molecular complexity index is 544. The maximum atomic E-state index is 13.9. The molecule has 1 fully saturated rings. The number of carbonyl (C=O) groups excluding carboxylic acids is 1. The largest absolute Gasteiger partial charge is 0.481 e. The second kappa shape index (κ2) is 6.70. The van der Waals surface area contributed by atoms with Crippen molar-refractivity contribution in [3.8, 4) is 0 Å². The van der Waals surface area contributed by atoms with Gasteiger partial charge in [-0.3, -0.25) is 9.59 Å². The zero-order valence-electron chi connectivity index (χ0n) is 12.1. The van der Waals surface area contributed by atoms with Crippen LogP contribution < -0.4 is 5.32 Å². The summed E-state index contributed by atoms with van der Waals surface area (Å²) < 4.78 is 13.9. The zero-order chi connectivity index (χ0) is 15.4. The third-order valence-electron chi connectivity index (χ3n) is 4.19. The molecule has 0 bridgehead atoms. The van der Waals surface area contributed by atoms with Gasteiger partial charge in [-0.1, -0.05) is 25.0 Å². The van der Waals surface area contributed by atoms with Gasteiger partial charge in [0.05, 0.1) is 11.5 Å². The van der Waals surface area contributed by atoms with Crippen LogP contribution in [0, 0.1) is 24.6 Å². The molecule has 1 aromatic carbocycles. The van der Waals surface area contributed by atoms with E-state index in [1.165, 1.54) is 6.07 Å². The molecule has 1 aliphatic rings. The van der Waals surface area contributed by atoms with Gasteiger partial charge >= 0.3 is 5.97 Å². The maximum Gasteiger partial charge on any atom is 0.306 e. The van der Waals surface area contributed by atoms with Crippen LogP contribution in [0.5, 0.6) is 0 Å². The lowest BCUT2D eigenvalue weighted by Crippen LogP contribution is -2.37. The van der Waals surface area contributed by atoms with Crippen LogP contribution in [0.15, 0.2) is 18.2 Å². The van der Waals surface area contributed by atoms with Gasteiger partial charge in [-0.2, -0.15) is 0 Å². The van der Waals surface area contributed by atoms with Crippen molar-refractivity contribution >= 4 is 11.9 Å². The van der Waals surface area contributed by atoms with E-state index in [-0.39, 0.29) is 18.0 Å². The number of halogens is 1. The number of carboxylic acid groups (broad SMARTS) is 1. The zero-order valence-corrected chi connectivity index (χ0v) is 12.1. The molecule has 0 spiro atoms. The third kappa shape index (κ3) is 3.60. The molecule has 0 saturated heterocycles. The summed E-state index contributed by atoms with van der Waals surface area (Å²) in [6.07, 6.45) is 3.32. The molecule has 1 aromatic rings. The van der Waals surface area contributed by atoms with E-state index in [1.54, 1.807) is 19.1 Å². The molecule has 114 valence electrons. The number of benzene rings is 1. The van der Waals surface area contributed by atoms with E-state index in [0.29, 0.717) is 12.0 Å². The van der Waals surface area contributed by atoms with Crippen molar-refractivity contribution in [1.29, 1.82) is 0 Å². The highest BCUT2D eigenvalue weighted by molar-refractivity contribution is 5.94. The topological polar surface area (TPSA) is 66.4 Å². The Morgan fingerprint density at radius 3 is 2.76 bits per heavy atom. The molecule has 2 unspecified atom stereocenters. The normalized spacial score (nSPS) is 21.8. The van der Waals surface area contributed by atoms with Crippen LogP contribution in [0.4, 0.5) is 4.39 Å². The monoisotopic (exact) mass is 293 g/mol. The molecule has 2 rings (SSSR count). The fourth-order valence-corrected chi connectivity index (χ4v) is 2.92. The van der Waals surface area contributed by atoms with Crippen molar-refractivity contribution in [2.45, 2.75) is 32.6 Å². The van der Waals surface area contributed by atoms with Gasteiger partial charge in [0.2, 0.25) is 0 Å². The summed E-state index contributed by atoms with van der Waals surface area (Å²) in [6, 6.07) is 4.68. The molecular weight excluding hydrogens is 273 g/mol. The lowest BCUT2D eigenvalue weighted by Gasteiger charge is -2.28.